The highest BCUT2D eigenvalue weighted by Gasteiger charge is 2.13. The Bertz CT molecular complexity index is 426. The van der Waals surface area contributed by atoms with Crippen molar-refractivity contribution in [2.75, 3.05) is 6.54 Å². The highest BCUT2D eigenvalue weighted by atomic mass is 35.5. The summed E-state index contributed by atoms with van der Waals surface area (Å²) in [5.74, 6) is -0.910. The number of rotatable bonds is 5. The Balaban J connectivity index is 2.71. The molecule has 1 atom stereocenters. The molecule has 0 aliphatic rings. The van der Waals surface area contributed by atoms with Crippen LogP contribution in [0.5, 0.6) is 0 Å². The molecule has 0 heterocycles. The number of primary amides is 1. The number of benzene rings is 1. The van der Waals surface area contributed by atoms with E-state index in [2.05, 4.69) is 5.32 Å². The molecule has 0 radical (unpaired) electrons. The number of carbonyl (C=O) groups excluding carboxylic acids is 1. The molecule has 3 N–H and O–H groups in total. The maximum absolute atomic E-state index is 13.3. The molecule has 1 aromatic carbocycles. The standard InChI is InChI=1S/C11H13Cl2FN2O/c1-6(16-3-2-11(15)17)7-4-10(14)9(13)5-8(7)12/h4-6,16H,2-3H2,1H3,(H2,15,17). The van der Waals surface area contributed by atoms with E-state index in [0.29, 0.717) is 17.1 Å². The van der Waals surface area contributed by atoms with Crippen LogP contribution in [0.15, 0.2) is 12.1 Å². The summed E-state index contributed by atoms with van der Waals surface area (Å²) in [7, 11) is 0. The third-order valence-electron chi connectivity index (χ3n) is 2.33. The molecule has 1 aromatic rings. The molecule has 0 bridgehead atoms. The third kappa shape index (κ3) is 4.15. The Labute approximate surface area is 109 Å². The van der Waals surface area contributed by atoms with Crippen molar-refractivity contribution in [2.24, 2.45) is 5.73 Å². The minimum atomic E-state index is -0.519. The third-order valence-corrected chi connectivity index (χ3v) is 2.95. The first-order valence-electron chi connectivity index (χ1n) is 5.08. The molecule has 0 aliphatic carbocycles. The smallest absolute Gasteiger partial charge is 0.218 e. The Morgan fingerprint density at radius 3 is 2.71 bits per heavy atom. The lowest BCUT2D eigenvalue weighted by Crippen LogP contribution is -2.24. The zero-order valence-electron chi connectivity index (χ0n) is 9.27. The summed E-state index contributed by atoms with van der Waals surface area (Å²) in [4.78, 5) is 10.6. The first-order valence-corrected chi connectivity index (χ1v) is 5.83. The zero-order valence-corrected chi connectivity index (χ0v) is 10.8. The average Bonchev–Trinajstić information content (AvgIpc) is 2.22. The summed E-state index contributed by atoms with van der Waals surface area (Å²) in [6, 6.07) is 2.46. The second kappa shape index (κ2) is 6.19. The number of hydrogen-bond donors (Lipinski definition) is 2. The summed E-state index contributed by atoms with van der Waals surface area (Å²) >= 11 is 11.6. The molecule has 17 heavy (non-hydrogen) atoms. The topological polar surface area (TPSA) is 55.1 Å². The van der Waals surface area contributed by atoms with Crippen molar-refractivity contribution in [2.45, 2.75) is 19.4 Å². The van der Waals surface area contributed by atoms with Crippen LogP contribution in [0.3, 0.4) is 0 Å². The van der Waals surface area contributed by atoms with Gasteiger partial charge in [0.05, 0.1) is 5.02 Å². The van der Waals surface area contributed by atoms with E-state index in [-0.39, 0.29) is 17.5 Å². The summed E-state index contributed by atoms with van der Waals surface area (Å²) < 4.78 is 13.3. The van der Waals surface area contributed by atoms with E-state index in [1.165, 1.54) is 12.1 Å². The van der Waals surface area contributed by atoms with Gasteiger partial charge in [0.25, 0.3) is 0 Å². The van der Waals surface area contributed by atoms with E-state index in [9.17, 15) is 9.18 Å². The van der Waals surface area contributed by atoms with Crippen LogP contribution in [0, 0.1) is 5.82 Å². The fourth-order valence-electron chi connectivity index (χ4n) is 1.39. The molecule has 0 spiro atoms. The number of hydrogen-bond acceptors (Lipinski definition) is 2. The van der Waals surface area contributed by atoms with Gasteiger partial charge in [0.1, 0.15) is 5.82 Å². The van der Waals surface area contributed by atoms with Crippen molar-refractivity contribution in [3.63, 3.8) is 0 Å². The summed E-state index contributed by atoms with van der Waals surface area (Å²) in [5, 5.41) is 3.40. The van der Waals surface area contributed by atoms with Crippen molar-refractivity contribution >= 4 is 29.1 Å². The Morgan fingerprint density at radius 1 is 1.47 bits per heavy atom. The van der Waals surface area contributed by atoms with E-state index in [4.69, 9.17) is 28.9 Å². The minimum absolute atomic E-state index is 0.0110. The highest BCUT2D eigenvalue weighted by Crippen LogP contribution is 2.28. The van der Waals surface area contributed by atoms with E-state index < -0.39 is 11.7 Å². The highest BCUT2D eigenvalue weighted by molar-refractivity contribution is 6.35. The first kappa shape index (κ1) is 14.2. The average molecular weight is 279 g/mol. The number of carbonyl (C=O) groups is 1. The number of nitrogens with one attached hydrogen (secondary N) is 1. The van der Waals surface area contributed by atoms with Gasteiger partial charge in [-0.2, -0.15) is 0 Å². The largest absolute Gasteiger partial charge is 0.370 e. The van der Waals surface area contributed by atoms with Crippen LogP contribution in [0.4, 0.5) is 4.39 Å². The zero-order chi connectivity index (χ0) is 13.0. The molecular weight excluding hydrogens is 266 g/mol. The van der Waals surface area contributed by atoms with Gasteiger partial charge in [-0.3, -0.25) is 4.79 Å². The van der Waals surface area contributed by atoms with Gasteiger partial charge in [0.2, 0.25) is 5.91 Å². The van der Waals surface area contributed by atoms with Crippen molar-refractivity contribution < 1.29 is 9.18 Å². The number of nitrogens with two attached hydrogens (primary N) is 1. The molecule has 0 aliphatic heterocycles. The number of amides is 1. The molecule has 1 amide bonds. The monoisotopic (exact) mass is 278 g/mol. The molecule has 1 unspecified atom stereocenters. The van der Waals surface area contributed by atoms with Crippen molar-refractivity contribution in [3.05, 3.63) is 33.6 Å². The van der Waals surface area contributed by atoms with Crippen LogP contribution in [0.25, 0.3) is 0 Å². The van der Waals surface area contributed by atoms with Crippen LogP contribution in [-0.4, -0.2) is 12.5 Å². The van der Waals surface area contributed by atoms with E-state index in [0.717, 1.165) is 0 Å². The van der Waals surface area contributed by atoms with Gasteiger partial charge in [-0.15, -0.1) is 0 Å². The Kier molecular flexibility index (Phi) is 5.18. The van der Waals surface area contributed by atoms with Crippen LogP contribution in [0.2, 0.25) is 10.0 Å². The van der Waals surface area contributed by atoms with Gasteiger partial charge in [-0.05, 0) is 24.6 Å². The van der Waals surface area contributed by atoms with Gasteiger partial charge in [0, 0.05) is 24.0 Å². The summed E-state index contributed by atoms with van der Waals surface area (Å²) in [5.41, 5.74) is 5.60. The second-order valence-electron chi connectivity index (χ2n) is 3.68. The minimum Gasteiger partial charge on any atom is -0.370 e. The molecule has 0 fully saturated rings. The van der Waals surface area contributed by atoms with Gasteiger partial charge in [-0.1, -0.05) is 23.2 Å². The van der Waals surface area contributed by atoms with Gasteiger partial charge >= 0.3 is 0 Å². The summed E-state index contributed by atoms with van der Waals surface area (Å²) in [6.45, 7) is 2.23. The van der Waals surface area contributed by atoms with Crippen molar-refractivity contribution in [3.8, 4) is 0 Å². The predicted molar refractivity (Wildman–Crippen MR) is 66.6 cm³/mol. The normalized spacial score (nSPS) is 12.5. The van der Waals surface area contributed by atoms with E-state index in [1.54, 1.807) is 0 Å². The molecule has 3 nitrogen and oxygen atoms in total. The molecule has 94 valence electrons. The molecule has 0 saturated heterocycles. The summed E-state index contributed by atoms with van der Waals surface area (Å²) in [6.07, 6.45) is 0.220. The van der Waals surface area contributed by atoms with Crippen LogP contribution < -0.4 is 11.1 Å². The fraction of sp³-hybridized carbons (Fsp3) is 0.364. The molecule has 6 heteroatoms. The molecule has 0 saturated carbocycles. The lowest BCUT2D eigenvalue weighted by molar-refractivity contribution is -0.117. The maximum Gasteiger partial charge on any atom is 0.218 e. The molecular formula is C11H13Cl2FN2O. The lowest BCUT2D eigenvalue weighted by atomic mass is 10.1. The van der Waals surface area contributed by atoms with E-state index >= 15 is 0 Å². The molecule has 0 aromatic heterocycles. The maximum atomic E-state index is 13.3. The van der Waals surface area contributed by atoms with Gasteiger partial charge in [0.15, 0.2) is 0 Å². The van der Waals surface area contributed by atoms with Crippen molar-refractivity contribution in [1.29, 1.82) is 0 Å². The SMILES string of the molecule is CC(NCCC(N)=O)c1cc(F)c(Cl)cc1Cl. The van der Waals surface area contributed by atoms with Gasteiger partial charge < -0.3 is 11.1 Å². The van der Waals surface area contributed by atoms with Crippen molar-refractivity contribution in [1.82, 2.24) is 5.32 Å². The number of halogens is 3. The Hall–Kier alpha value is -0.840. The lowest BCUT2D eigenvalue weighted by Gasteiger charge is -2.15. The fourth-order valence-corrected chi connectivity index (χ4v) is 1.94. The van der Waals surface area contributed by atoms with E-state index in [1.807, 2.05) is 6.92 Å². The predicted octanol–water partition coefficient (Wildman–Crippen LogP) is 2.66. The van der Waals surface area contributed by atoms with Crippen LogP contribution in [0.1, 0.15) is 24.9 Å². The van der Waals surface area contributed by atoms with Crippen LogP contribution in [-0.2, 0) is 4.79 Å². The Morgan fingerprint density at radius 2 is 2.12 bits per heavy atom. The van der Waals surface area contributed by atoms with Crippen LogP contribution >= 0.6 is 23.2 Å². The first-order chi connectivity index (χ1) is 7.91. The second-order valence-corrected chi connectivity index (χ2v) is 4.49. The van der Waals surface area contributed by atoms with Gasteiger partial charge in [-0.25, -0.2) is 4.39 Å². The quantitative estimate of drug-likeness (QED) is 0.814. The molecule has 1 rings (SSSR count).